The minimum absolute atomic E-state index is 0.147. The summed E-state index contributed by atoms with van der Waals surface area (Å²) < 4.78 is 19.4. The average Bonchev–Trinajstić information content (AvgIpc) is 2.92. The smallest absolute Gasteiger partial charge is 0.256 e. The standard InChI is InChI=1S/C21H32FN3O3/c1-3-23-9-5-10-24(13-12-23)16-21(27)8-4-11-25(20(21)26)15-17-14-18(28-2)6-7-19(17)22/h6-7,14,27H,3-5,8-13,15-16H2,1-2H3/t21-/m1/s1. The third-order valence-corrected chi connectivity index (χ3v) is 5.93. The van der Waals surface area contributed by atoms with Crippen molar-refractivity contribution in [2.24, 2.45) is 0 Å². The van der Waals surface area contributed by atoms with Gasteiger partial charge < -0.3 is 19.6 Å². The predicted octanol–water partition coefficient (Wildman–Crippen LogP) is 1.72. The van der Waals surface area contributed by atoms with Gasteiger partial charge in [-0.15, -0.1) is 0 Å². The summed E-state index contributed by atoms with van der Waals surface area (Å²) in [7, 11) is 1.53. The van der Waals surface area contributed by atoms with Crippen LogP contribution in [0.4, 0.5) is 4.39 Å². The van der Waals surface area contributed by atoms with Gasteiger partial charge in [-0.05, 0) is 57.1 Å². The van der Waals surface area contributed by atoms with Crippen molar-refractivity contribution in [3.05, 3.63) is 29.6 Å². The Bertz CT molecular complexity index is 687. The molecule has 0 aromatic heterocycles. The highest BCUT2D eigenvalue weighted by Crippen LogP contribution is 2.27. The Kier molecular flexibility index (Phi) is 6.91. The van der Waals surface area contributed by atoms with E-state index in [-0.39, 0.29) is 18.3 Å². The SMILES string of the molecule is CCN1CCCN(C[C@]2(O)CCCN(Cc3cc(OC)ccc3F)C2=O)CC1. The molecule has 3 rings (SSSR count). The summed E-state index contributed by atoms with van der Waals surface area (Å²) in [5.74, 6) is -0.103. The van der Waals surface area contributed by atoms with Crippen LogP contribution >= 0.6 is 0 Å². The van der Waals surface area contributed by atoms with E-state index in [0.29, 0.717) is 37.2 Å². The van der Waals surface area contributed by atoms with Gasteiger partial charge in [-0.2, -0.15) is 0 Å². The normalized spacial score (nSPS) is 25.0. The second-order valence-corrected chi connectivity index (χ2v) is 7.88. The second-order valence-electron chi connectivity index (χ2n) is 7.88. The zero-order chi connectivity index (χ0) is 20.1. The third-order valence-electron chi connectivity index (χ3n) is 5.93. The molecule has 6 nitrogen and oxygen atoms in total. The van der Waals surface area contributed by atoms with Crippen molar-refractivity contribution in [1.29, 1.82) is 0 Å². The summed E-state index contributed by atoms with van der Waals surface area (Å²) in [6.07, 6.45) is 2.20. The Hall–Kier alpha value is -1.70. The van der Waals surface area contributed by atoms with Crippen LogP contribution in [-0.4, -0.2) is 84.2 Å². The van der Waals surface area contributed by atoms with Gasteiger partial charge in [0, 0.05) is 38.3 Å². The van der Waals surface area contributed by atoms with Gasteiger partial charge >= 0.3 is 0 Å². The molecule has 1 amide bonds. The Morgan fingerprint density at radius 2 is 1.89 bits per heavy atom. The average molecular weight is 394 g/mol. The lowest BCUT2D eigenvalue weighted by atomic mass is 9.90. The van der Waals surface area contributed by atoms with Crippen LogP contribution in [0.15, 0.2) is 18.2 Å². The monoisotopic (exact) mass is 393 g/mol. The molecule has 2 aliphatic heterocycles. The number of rotatable bonds is 6. The van der Waals surface area contributed by atoms with Crippen LogP contribution in [0.1, 0.15) is 31.7 Å². The zero-order valence-electron chi connectivity index (χ0n) is 17.0. The maximum absolute atomic E-state index is 14.2. The lowest BCUT2D eigenvalue weighted by molar-refractivity contribution is -0.160. The fraction of sp³-hybridized carbons (Fsp3) is 0.667. The fourth-order valence-corrected chi connectivity index (χ4v) is 4.24. The van der Waals surface area contributed by atoms with Gasteiger partial charge in [0.25, 0.3) is 5.91 Å². The molecule has 1 N–H and O–H groups in total. The number of ether oxygens (including phenoxy) is 1. The van der Waals surface area contributed by atoms with Crippen molar-refractivity contribution in [2.75, 3.05) is 52.9 Å². The van der Waals surface area contributed by atoms with Crippen molar-refractivity contribution in [2.45, 2.75) is 38.3 Å². The summed E-state index contributed by atoms with van der Waals surface area (Å²) in [4.78, 5) is 19.3. The van der Waals surface area contributed by atoms with Gasteiger partial charge in [-0.1, -0.05) is 6.92 Å². The number of methoxy groups -OCH3 is 1. The van der Waals surface area contributed by atoms with E-state index in [0.717, 1.165) is 39.1 Å². The number of β-amino-alcohol motifs (C(OH)–C–C–N with tert-alkyl or cyclic N) is 1. The molecular formula is C21H32FN3O3. The first-order valence-electron chi connectivity index (χ1n) is 10.2. The molecule has 0 radical (unpaired) electrons. The van der Waals surface area contributed by atoms with E-state index in [1.165, 1.54) is 13.2 Å². The molecule has 0 saturated carbocycles. The van der Waals surface area contributed by atoms with Crippen LogP contribution in [0.3, 0.4) is 0 Å². The van der Waals surface area contributed by atoms with E-state index in [2.05, 4.69) is 16.7 Å². The van der Waals surface area contributed by atoms with Gasteiger partial charge in [0.2, 0.25) is 0 Å². The van der Waals surface area contributed by atoms with Crippen LogP contribution in [0.5, 0.6) is 5.75 Å². The van der Waals surface area contributed by atoms with Crippen LogP contribution in [0.2, 0.25) is 0 Å². The number of likely N-dealkylation sites (N-methyl/N-ethyl adjacent to an activating group) is 1. The number of benzene rings is 1. The van der Waals surface area contributed by atoms with Crippen LogP contribution < -0.4 is 4.74 Å². The Morgan fingerprint density at radius 3 is 2.64 bits per heavy atom. The van der Waals surface area contributed by atoms with E-state index in [1.807, 2.05) is 0 Å². The number of nitrogens with zero attached hydrogens (tertiary/aromatic N) is 3. The first kappa shape index (κ1) is 21.0. The molecule has 1 aromatic carbocycles. The van der Waals surface area contributed by atoms with Gasteiger partial charge in [0.15, 0.2) is 5.60 Å². The van der Waals surface area contributed by atoms with Crippen LogP contribution in [0, 0.1) is 5.82 Å². The molecule has 156 valence electrons. The highest BCUT2D eigenvalue weighted by Gasteiger charge is 2.43. The van der Waals surface area contributed by atoms with Crippen molar-refractivity contribution in [3.63, 3.8) is 0 Å². The van der Waals surface area contributed by atoms with Gasteiger partial charge in [-0.25, -0.2) is 4.39 Å². The van der Waals surface area contributed by atoms with E-state index in [4.69, 9.17) is 4.74 Å². The van der Waals surface area contributed by atoms with Crippen LogP contribution in [0.25, 0.3) is 0 Å². The topological polar surface area (TPSA) is 56.3 Å². The molecule has 2 fully saturated rings. The number of halogens is 1. The molecule has 2 saturated heterocycles. The summed E-state index contributed by atoms with van der Waals surface area (Å²) in [5.41, 5.74) is -0.986. The molecule has 2 aliphatic rings. The number of hydrogen-bond acceptors (Lipinski definition) is 5. The van der Waals surface area contributed by atoms with Gasteiger partial charge in [0.1, 0.15) is 11.6 Å². The van der Waals surface area contributed by atoms with Gasteiger partial charge in [0.05, 0.1) is 7.11 Å². The van der Waals surface area contributed by atoms with Crippen molar-refractivity contribution < 1.29 is 19.0 Å². The molecule has 0 bridgehead atoms. The first-order chi connectivity index (χ1) is 13.4. The van der Waals surface area contributed by atoms with E-state index in [1.54, 1.807) is 17.0 Å². The van der Waals surface area contributed by atoms with Crippen molar-refractivity contribution in [1.82, 2.24) is 14.7 Å². The zero-order valence-corrected chi connectivity index (χ0v) is 17.0. The minimum Gasteiger partial charge on any atom is -0.497 e. The maximum Gasteiger partial charge on any atom is 0.256 e. The molecule has 0 unspecified atom stereocenters. The molecule has 1 atom stereocenters. The highest BCUT2D eigenvalue weighted by atomic mass is 19.1. The molecule has 2 heterocycles. The molecule has 1 aromatic rings. The van der Waals surface area contributed by atoms with E-state index < -0.39 is 5.60 Å². The summed E-state index contributed by atoms with van der Waals surface area (Å²) >= 11 is 0. The minimum atomic E-state index is -1.39. The summed E-state index contributed by atoms with van der Waals surface area (Å²) in [5, 5.41) is 11.2. The number of carbonyl (C=O) groups is 1. The molecule has 28 heavy (non-hydrogen) atoms. The number of piperidine rings is 1. The molecule has 7 heteroatoms. The molecular weight excluding hydrogens is 361 g/mol. The first-order valence-corrected chi connectivity index (χ1v) is 10.2. The lowest BCUT2D eigenvalue weighted by Gasteiger charge is -2.40. The highest BCUT2D eigenvalue weighted by molar-refractivity contribution is 5.86. The Labute approximate surface area is 166 Å². The Morgan fingerprint density at radius 1 is 1.14 bits per heavy atom. The second kappa shape index (κ2) is 9.20. The van der Waals surface area contributed by atoms with E-state index in [9.17, 15) is 14.3 Å². The van der Waals surface area contributed by atoms with Crippen molar-refractivity contribution >= 4 is 5.91 Å². The predicted molar refractivity (Wildman–Crippen MR) is 106 cm³/mol. The quantitative estimate of drug-likeness (QED) is 0.798. The van der Waals surface area contributed by atoms with Crippen LogP contribution in [-0.2, 0) is 11.3 Å². The molecule has 0 aliphatic carbocycles. The summed E-state index contributed by atoms with van der Waals surface area (Å²) in [6, 6.07) is 4.53. The number of carbonyl (C=O) groups excluding carboxylic acids is 1. The third kappa shape index (κ3) is 4.82. The number of amides is 1. The maximum atomic E-state index is 14.2. The largest absolute Gasteiger partial charge is 0.497 e. The van der Waals surface area contributed by atoms with Gasteiger partial charge in [-0.3, -0.25) is 9.69 Å². The number of aliphatic hydroxyl groups is 1. The number of likely N-dealkylation sites (tertiary alicyclic amines) is 1. The van der Waals surface area contributed by atoms with E-state index >= 15 is 0 Å². The van der Waals surface area contributed by atoms with Crippen molar-refractivity contribution in [3.8, 4) is 5.75 Å². The summed E-state index contributed by atoms with van der Waals surface area (Å²) in [6.45, 7) is 7.96. The fourth-order valence-electron chi connectivity index (χ4n) is 4.24. The number of hydrogen-bond donors (Lipinski definition) is 1. The lowest BCUT2D eigenvalue weighted by Crippen LogP contribution is -2.58. The Balaban J connectivity index is 1.67. The molecule has 0 spiro atoms.